The first-order valence-electron chi connectivity index (χ1n) is 7.15. The molecule has 0 unspecified atom stereocenters. The summed E-state index contributed by atoms with van der Waals surface area (Å²) in [6.07, 6.45) is 6.87. The van der Waals surface area contributed by atoms with Crippen molar-refractivity contribution in [2.45, 2.75) is 51.5 Å². The van der Waals surface area contributed by atoms with Crippen LogP contribution in [0.2, 0.25) is 0 Å². The van der Waals surface area contributed by atoms with Crippen molar-refractivity contribution in [2.75, 3.05) is 6.54 Å². The second kappa shape index (κ2) is 6.69. The lowest BCUT2D eigenvalue weighted by Gasteiger charge is -2.11. The van der Waals surface area contributed by atoms with Crippen molar-refractivity contribution in [1.29, 1.82) is 0 Å². The van der Waals surface area contributed by atoms with Crippen LogP contribution in [0.25, 0.3) is 0 Å². The molecule has 1 aliphatic rings. The van der Waals surface area contributed by atoms with Gasteiger partial charge in [-0.1, -0.05) is 44.0 Å². The van der Waals surface area contributed by atoms with E-state index in [1.54, 1.807) is 0 Å². The number of rotatable bonds is 6. The maximum absolute atomic E-state index is 12.0. The Morgan fingerprint density at radius 2 is 1.89 bits per heavy atom. The van der Waals surface area contributed by atoms with Crippen molar-refractivity contribution >= 4 is 5.78 Å². The van der Waals surface area contributed by atoms with Crippen LogP contribution in [0.1, 0.15) is 54.9 Å². The summed E-state index contributed by atoms with van der Waals surface area (Å²) in [7, 11) is 0. The first-order chi connectivity index (χ1) is 8.79. The summed E-state index contributed by atoms with van der Waals surface area (Å²) >= 11 is 0. The number of hydrogen-bond acceptors (Lipinski definition) is 2. The summed E-state index contributed by atoms with van der Waals surface area (Å²) in [4.78, 5) is 12.0. The van der Waals surface area contributed by atoms with Gasteiger partial charge in [-0.25, -0.2) is 0 Å². The summed E-state index contributed by atoms with van der Waals surface area (Å²) in [6, 6.07) is 8.67. The third-order valence-electron chi connectivity index (χ3n) is 3.82. The monoisotopic (exact) mass is 245 g/mol. The highest BCUT2D eigenvalue weighted by molar-refractivity contribution is 5.96. The van der Waals surface area contributed by atoms with Gasteiger partial charge in [0.05, 0.1) is 0 Å². The fourth-order valence-corrected chi connectivity index (χ4v) is 2.59. The van der Waals surface area contributed by atoms with Crippen LogP contribution in [-0.4, -0.2) is 18.4 Å². The molecule has 18 heavy (non-hydrogen) atoms. The highest BCUT2D eigenvalue weighted by Gasteiger charge is 2.14. The van der Waals surface area contributed by atoms with Gasteiger partial charge in [0, 0.05) is 24.6 Å². The van der Waals surface area contributed by atoms with Crippen molar-refractivity contribution in [1.82, 2.24) is 5.32 Å². The van der Waals surface area contributed by atoms with Gasteiger partial charge in [0.1, 0.15) is 0 Å². The first kappa shape index (κ1) is 13.3. The fraction of sp³-hybridized carbons (Fsp3) is 0.562. The summed E-state index contributed by atoms with van der Waals surface area (Å²) < 4.78 is 0. The number of ketones is 1. The molecule has 0 amide bonds. The fourth-order valence-electron chi connectivity index (χ4n) is 2.59. The summed E-state index contributed by atoms with van der Waals surface area (Å²) in [6.45, 7) is 2.95. The minimum absolute atomic E-state index is 0.253. The zero-order valence-electron chi connectivity index (χ0n) is 11.2. The lowest BCUT2D eigenvalue weighted by atomic mass is 10.0. The highest BCUT2D eigenvalue weighted by Crippen LogP contribution is 2.17. The van der Waals surface area contributed by atoms with Gasteiger partial charge >= 0.3 is 0 Å². The molecular formula is C16H23NO. The number of carbonyl (C=O) groups excluding carboxylic acids is 1. The molecule has 1 aliphatic carbocycles. The number of Topliss-reactive ketones (excluding diaryl/α,β-unsaturated/α-hetero) is 1. The molecule has 2 rings (SSSR count). The van der Waals surface area contributed by atoms with Gasteiger partial charge in [0.2, 0.25) is 0 Å². The smallest absolute Gasteiger partial charge is 0.164 e. The van der Waals surface area contributed by atoms with E-state index in [0.29, 0.717) is 12.5 Å². The molecule has 1 aromatic rings. The second-order valence-corrected chi connectivity index (χ2v) is 5.16. The highest BCUT2D eigenvalue weighted by atomic mass is 16.1. The predicted molar refractivity (Wildman–Crippen MR) is 75.0 cm³/mol. The largest absolute Gasteiger partial charge is 0.314 e. The maximum Gasteiger partial charge on any atom is 0.164 e. The molecule has 0 aliphatic heterocycles. The Morgan fingerprint density at radius 1 is 1.22 bits per heavy atom. The standard InChI is InChI=1S/C16H23NO/c1-2-13-7-9-14(10-8-13)16(18)11-12-17-15-5-3-4-6-15/h7-10,15,17H,2-6,11-12H2,1H3. The molecule has 1 aromatic carbocycles. The normalized spacial score (nSPS) is 16.1. The zero-order chi connectivity index (χ0) is 12.8. The quantitative estimate of drug-likeness (QED) is 0.779. The van der Waals surface area contributed by atoms with E-state index in [-0.39, 0.29) is 5.78 Å². The predicted octanol–water partition coefficient (Wildman–Crippen LogP) is 3.35. The number of carbonyl (C=O) groups is 1. The Bertz CT molecular complexity index is 377. The van der Waals surface area contributed by atoms with Gasteiger partial charge in [-0.3, -0.25) is 4.79 Å². The first-order valence-corrected chi connectivity index (χ1v) is 7.15. The van der Waals surface area contributed by atoms with Crippen LogP contribution in [0, 0.1) is 0 Å². The lowest BCUT2D eigenvalue weighted by molar-refractivity contribution is 0.0981. The number of hydrogen-bond donors (Lipinski definition) is 1. The van der Waals surface area contributed by atoms with E-state index in [2.05, 4.69) is 24.4 Å². The molecule has 2 nitrogen and oxygen atoms in total. The Labute approximate surface area is 110 Å². The maximum atomic E-state index is 12.0. The van der Waals surface area contributed by atoms with Crippen molar-refractivity contribution in [3.63, 3.8) is 0 Å². The number of aryl methyl sites for hydroxylation is 1. The van der Waals surface area contributed by atoms with E-state index in [1.807, 2.05) is 12.1 Å². The Hall–Kier alpha value is -1.15. The molecule has 2 heteroatoms. The second-order valence-electron chi connectivity index (χ2n) is 5.16. The molecule has 0 heterocycles. The molecule has 0 radical (unpaired) electrons. The molecule has 1 saturated carbocycles. The Balaban J connectivity index is 1.76. The van der Waals surface area contributed by atoms with Crippen LogP contribution < -0.4 is 5.32 Å². The molecule has 0 spiro atoms. The Morgan fingerprint density at radius 3 is 2.50 bits per heavy atom. The molecule has 0 saturated heterocycles. The molecule has 1 N–H and O–H groups in total. The van der Waals surface area contributed by atoms with E-state index < -0.39 is 0 Å². The van der Waals surface area contributed by atoms with Crippen molar-refractivity contribution in [3.8, 4) is 0 Å². The van der Waals surface area contributed by atoms with E-state index in [1.165, 1.54) is 31.2 Å². The van der Waals surface area contributed by atoms with Crippen molar-refractivity contribution in [3.05, 3.63) is 35.4 Å². The number of nitrogens with one attached hydrogen (secondary N) is 1. The van der Waals surface area contributed by atoms with Crippen molar-refractivity contribution < 1.29 is 4.79 Å². The van der Waals surface area contributed by atoms with Crippen LogP contribution in [0.5, 0.6) is 0 Å². The minimum atomic E-state index is 0.253. The van der Waals surface area contributed by atoms with E-state index in [9.17, 15) is 4.79 Å². The molecule has 98 valence electrons. The van der Waals surface area contributed by atoms with E-state index >= 15 is 0 Å². The summed E-state index contributed by atoms with van der Waals surface area (Å²) in [5.41, 5.74) is 2.14. The molecular weight excluding hydrogens is 222 g/mol. The average molecular weight is 245 g/mol. The van der Waals surface area contributed by atoms with E-state index in [0.717, 1.165) is 18.5 Å². The third kappa shape index (κ3) is 3.67. The molecule has 0 atom stereocenters. The van der Waals surface area contributed by atoms with Crippen LogP contribution >= 0.6 is 0 Å². The van der Waals surface area contributed by atoms with Gasteiger partial charge in [0.25, 0.3) is 0 Å². The SMILES string of the molecule is CCc1ccc(C(=O)CCNC2CCCC2)cc1. The van der Waals surface area contributed by atoms with Gasteiger partial charge in [-0.05, 0) is 24.8 Å². The van der Waals surface area contributed by atoms with Crippen LogP contribution in [0.4, 0.5) is 0 Å². The van der Waals surface area contributed by atoms with Crippen LogP contribution in [0.15, 0.2) is 24.3 Å². The summed E-state index contributed by atoms with van der Waals surface area (Å²) in [5, 5.41) is 3.48. The number of benzene rings is 1. The van der Waals surface area contributed by atoms with Crippen LogP contribution in [-0.2, 0) is 6.42 Å². The minimum Gasteiger partial charge on any atom is -0.314 e. The van der Waals surface area contributed by atoms with Gasteiger partial charge < -0.3 is 5.32 Å². The third-order valence-corrected chi connectivity index (χ3v) is 3.82. The van der Waals surface area contributed by atoms with E-state index in [4.69, 9.17) is 0 Å². The lowest BCUT2D eigenvalue weighted by Crippen LogP contribution is -2.28. The zero-order valence-corrected chi connectivity index (χ0v) is 11.2. The Kier molecular flexibility index (Phi) is 4.94. The molecule has 1 fully saturated rings. The van der Waals surface area contributed by atoms with Gasteiger partial charge in [-0.15, -0.1) is 0 Å². The molecule has 0 bridgehead atoms. The molecule has 0 aromatic heterocycles. The average Bonchev–Trinajstić information content (AvgIpc) is 2.92. The topological polar surface area (TPSA) is 29.1 Å². The van der Waals surface area contributed by atoms with Crippen LogP contribution in [0.3, 0.4) is 0 Å². The van der Waals surface area contributed by atoms with Crippen molar-refractivity contribution in [2.24, 2.45) is 0 Å². The van der Waals surface area contributed by atoms with Gasteiger partial charge in [0.15, 0.2) is 5.78 Å². The van der Waals surface area contributed by atoms with Gasteiger partial charge in [-0.2, -0.15) is 0 Å². The summed E-state index contributed by atoms with van der Waals surface area (Å²) in [5.74, 6) is 0.253.